The quantitative estimate of drug-likeness (QED) is 0.0656. The van der Waals surface area contributed by atoms with E-state index >= 15 is 0 Å². The number of ether oxygens (including phenoxy) is 4. The molecule has 3 aromatic rings. The van der Waals surface area contributed by atoms with Crippen molar-refractivity contribution in [1.82, 2.24) is 4.72 Å². The third-order valence-electron chi connectivity index (χ3n) is 10.6. The summed E-state index contributed by atoms with van der Waals surface area (Å²) in [6.45, 7) is 18.9. The first-order valence-corrected chi connectivity index (χ1v) is 24.4. The summed E-state index contributed by atoms with van der Waals surface area (Å²) in [7, 11) is -2.19. The van der Waals surface area contributed by atoms with Gasteiger partial charge in [-0.05, 0) is 87.6 Å². The maximum absolute atomic E-state index is 14.1. The van der Waals surface area contributed by atoms with Gasteiger partial charge in [-0.25, -0.2) is 14.4 Å². The van der Waals surface area contributed by atoms with Crippen LogP contribution in [0.5, 0.6) is 0 Å². The van der Waals surface area contributed by atoms with Crippen molar-refractivity contribution in [1.29, 1.82) is 0 Å². The summed E-state index contributed by atoms with van der Waals surface area (Å²) in [4.78, 5) is 42.1. The lowest BCUT2D eigenvalue weighted by atomic mass is 9.87. The molecule has 1 fully saturated rings. The Morgan fingerprint density at radius 3 is 1.68 bits per heavy atom. The van der Waals surface area contributed by atoms with E-state index in [9.17, 15) is 18.9 Å². The third-order valence-corrected chi connectivity index (χ3v) is 18.1. The number of benzene rings is 3. The van der Waals surface area contributed by atoms with Crippen LogP contribution >= 0.6 is 11.8 Å². The predicted molar refractivity (Wildman–Crippen MR) is 228 cm³/mol. The number of carbonyl (C=O) groups excluding carboxylic acids is 3. The van der Waals surface area contributed by atoms with E-state index in [1.807, 2.05) is 33.8 Å². The molecule has 9 atom stereocenters. The number of allylic oxidation sites excluding steroid dienone is 1. The van der Waals surface area contributed by atoms with Crippen LogP contribution in [-0.4, -0.2) is 83.3 Å². The van der Waals surface area contributed by atoms with Gasteiger partial charge >= 0.3 is 17.9 Å². The van der Waals surface area contributed by atoms with Crippen LogP contribution in [0.1, 0.15) is 86.0 Å². The summed E-state index contributed by atoms with van der Waals surface area (Å²) in [5, 5.41) is -0.208. The molecule has 2 heterocycles. The number of nitrogens with one attached hydrogen (secondary N) is 1. The Morgan fingerprint density at radius 2 is 1.23 bits per heavy atom. The first kappa shape index (κ1) is 44.7. The Balaban J connectivity index is 1.67. The van der Waals surface area contributed by atoms with Gasteiger partial charge in [0, 0.05) is 23.2 Å². The average molecular weight is 836 g/mol. The molecule has 0 radical (unpaired) electrons. The monoisotopic (exact) mass is 835 g/mol. The molecule has 2 aliphatic heterocycles. The van der Waals surface area contributed by atoms with Gasteiger partial charge < -0.3 is 27.9 Å². The molecule has 7 unspecified atom stereocenters. The van der Waals surface area contributed by atoms with Crippen molar-refractivity contribution in [3.63, 3.8) is 0 Å². The van der Waals surface area contributed by atoms with Gasteiger partial charge in [-0.3, -0.25) is 0 Å². The SMILES string of the molecule is C[C@@H]1/C=C\CC(CO[Si](C)(C)C(C)(C)C)SC2OC(C(OC(=O)c3ccccc3)C(OC(=O)c3ccccc3)C2OC(=O)c2ccccc2)[C@@H]1N[S+]([O-])C(C)(C)C. The molecule has 2 aliphatic rings. The van der Waals surface area contributed by atoms with Crippen LogP contribution in [-0.2, 0) is 34.7 Å². The molecule has 0 amide bonds. The Morgan fingerprint density at radius 1 is 0.772 bits per heavy atom. The van der Waals surface area contributed by atoms with Crippen molar-refractivity contribution in [2.24, 2.45) is 5.92 Å². The summed E-state index contributed by atoms with van der Waals surface area (Å²) in [6, 6.07) is 24.7. The van der Waals surface area contributed by atoms with Gasteiger partial charge in [0.15, 0.2) is 26.6 Å². The summed E-state index contributed by atoms with van der Waals surface area (Å²) in [6.07, 6.45) is -0.269. The van der Waals surface area contributed by atoms with Crippen LogP contribution in [0.4, 0.5) is 0 Å². The molecule has 0 saturated carbocycles. The summed E-state index contributed by atoms with van der Waals surface area (Å²) in [5.74, 6) is -2.38. The number of esters is 3. The molecule has 0 aromatic heterocycles. The Labute approximate surface area is 346 Å². The highest BCUT2D eigenvalue weighted by atomic mass is 32.2. The van der Waals surface area contributed by atoms with Crippen molar-refractivity contribution in [2.45, 2.75) is 119 Å². The summed E-state index contributed by atoms with van der Waals surface area (Å²) >= 11 is -0.172. The highest BCUT2D eigenvalue weighted by Gasteiger charge is 2.57. The van der Waals surface area contributed by atoms with E-state index in [0.29, 0.717) is 13.0 Å². The van der Waals surface area contributed by atoms with Crippen molar-refractivity contribution < 1.29 is 42.3 Å². The van der Waals surface area contributed by atoms with E-state index in [4.69, 9.17) is 23.4 Å². The molecule has 2 bridgehead atoms. The minimum Gasteiger partial charge on any atom is -0.598 e. The van der Waals surface area contributed by atoms with Crippen LogP contribution < -0.4 is 4.72 Å². The van der Waals surface area contributed by atoms with Crippen LogP contribution in [0.2, 0.25) is 18.1 Å². The fourth-order valence-corrected chi connectivity index (χ4v) is 9.56. The molecule has 308 valence electrons. The van der Waals surface area contributed by atoms with Gasteiger partial charge in [0.05, 0.1) is 22.7 Å². The Hall–Kier alpha value is -3.43. The zero-order chi connectivity index (χ0) is 41.5. The topological polar surface area (TPSA) is 132 Å². The molecule has 10 nitrogen and oxygen atoms in total. The number of rotatable bonds is 11. The smallest absolute Gasteiger partial charge is 0.338 e. The molecule has 1 saturated heterocycles. The summed E-state index contributed by atoms with van der Waals surface area (Å²) < 4.78 is 49.5. The van der Waals surface area contributed by atoms with Gasteiger partial charge in [-0.2, -0.15) is 0 Å². The highest BCUT2D eigenvalue weighted by Crippen LogP contribution is 2.42. The van der Waals surface area contributed by atoms with Crippen LogP contribution in [0.15, 0.2) is 103 Å². The van der Waals surface area contributed by atoms with Crippen LogP contribution in [0.3, 0.4) is 0 Å². The minimum atomic E-state index is -2.19. The predicted octanol–water partition coefficient (Wildman–Crippen LogP) is 8.53. The fourth-order valence-electron chi connectivity index (χ4n) is 6.13. The van der Waals surface area contributed by atoms with E-state index in [-0.39, 0.29) is 32.9 Å². The molecule has 0 aliphatic carbocycles. The average Bonchev–Trinajstić information content (AvgIpc) is 3.17. The highest BCUT2D eigenvalue weighted by molar-refractivity contribution is 8.00. The van der Waals surface area contributed by atoms with Crippen molar-refractivity contribution in [2.75, 3.05) is 6.61 Å². The second-order valence-electron chi connectivity index (χ2n) is 17.1. The molecular formula is C44H57NO9S2Si. The van der Waals surface area contributed by atoms with E-state index in [2.05, 4.69) is 44.7 Å². The molecule has 57 heavy (non-hydrogen) atoms. The van der Waals surface area contributed by atoms with Gasteiger partial charge in [0.1, 0.15) is 16.3 Å². The van der Waals surface area contributed by atoms with Gasteiger partial charge in [-0.15, -0.1) is 16.5 Å². The second kappa shape index (κ2) is 19.1. The zero-order valence-electron chi connectivity index (χ0n) is 34.3. The van der Waals surface area contributed by atoms with Crippen molar-refractivity contribution in [3.05, 3.63) is 120 Å². The molecule has 13 heteroatoms. The van der Waals surface area contributed by atoms with E-state index in [0.717, 1.165) is 0 Å². The van der Waals surface area contributed by atoms with Gasteiger partial charge in [0.25, 0.3) is 0 Å². The van der Waals surface area contributed by atoms with Gasteiger partial charge in [-0.1, -0.05) is 94.4 Å². The summed E-state index contributed by atoms with van der Waals surface area (Å²) in [5.41, 5.74) is -0.141. The standard InChI is InChI=1S/C44H57NO9S2Si/c1-29-20-19-27-33(28-50-57(8,9)44(5,6)7)55-42-38(53-41(48)32-25-17-12-18-26-32)37(52-40(47)31-23-15-11-16-24-31)36(51-39(46)30-21-13-10-14-22-30)35(54-42)34(29)45-56(49)43(2,3)4/h10-26,29,33-38,42,45H,27-28H2,1-9H3/b20-19-/t29-,33?,34-,35?,36?,37?,38?,42?,56?/m1/s1. The lowest BCUT2D eigenvalue weighted by molar-refractivity contribution is -0.207. The van der Waals surface area contributed by atoms with E-state index in [1.165, 1.54) is 11.8 Å². The zero-order valence-corrected chi connectivity index (χ0v) is 37.0. The third kappa shape index (κ3) is 11.6. The normalized spacial score (nSPS) is 26.7. The number of thioether (sulfide) groups is 1. The van der Waals surface area contributed by atoms with Crippen molar-refractivity contribution >= 4 is 49.3 Å². The first-order valence-electron chi connectivity index (χ1n) is 19.4. The maximum atomic E-state index is 14.1. The van der Waals surface area contributed by atoms with E-state index < -0.39 is 78.2 Å². The number of hydrogen-bond donors (Lipinski definition) is 1. The lowest BCUT2D eigenvalue weighted by Gasteiger charge is -2.48. The lowest BCUT2D eigenvalue weighted by Crippen LogP contribution is -2.67. The molecule has 5 rings (SSSR count). The molecule has 0 spiro atoms. The molecular weight excluding hydrogens is 779 g/mol. The number of hydrogen-bond acceptors (Lipinski definition) is 11. The Kier molecular flexibility index (Phi) is 15.0. The van der Waals surface area contributed by atoms with Gasteiger partial charge in [0.2, 0.25) is 0 Å². The largest absolute Gasteiger partial charge is 0.598 e. The number of fused-ring (bicyclic) bond motifs is 2. The van der Waals surface area contributed by atoms with E-state index in [1.54, 1.807) is 91.0 Å². The number of carbonyl (C=O) groups is 3. The molecule has 3 aromatic carbocycles. The maximum Gasteiger partial charge on any atom is 0.338 e. The van der Waals surface area contributed by atoms with Crippen LogP contribution in [0.25, 0.3) is 0 Å². The minimum absolute atomic E-state index is 0.0353. The van der Waals surface area contributed by atoms with Crippen LogP contribution in [0, 0.1) is 5.92 Å². The fraction of sp³-hybridized carbons (Fsp3) is 0.477. The second-order valence-corrected chi connectivity index (χ2v) is 25.3. The van der Waals surface area contributed by atoms with Crippen molar-refractivity contribution in [3.8, 4) is 0 Å². The first-order chi connectivity index (χ1) is 26.9. The molecule has 1 N–H and O–H groups in total. The Bertz CT molecular complexity index is 1820.